The summed E-state index contributed by atoms with van der Waals surface area (Å²) in [6, 6.07) is 3.98. The van der Waals surface area contributed by atoms with Crippen LogP contribution in [0.4, 0.5) is 0 Å². The summed E-state index contributed by atoms with van der Waals surface area (Å²) in [5.74, 6) is 2.57. The van der Waals surface area contributed by atoms with Crippen LogP contribution in [-0.2, 0) is 0 Å². The Morgan fingerprint density at radius 1 is 1.14 bits per heavy atom. The van der Waals surface area contributed by atoms with E-state index in [1.165, 1.54) is 0 Å². The average molecular weight is 368 g/mol. The van der Waals surface area contributed by atoms with Gasteiger partial charge in [0.05, 0.1) is 0 Å². The molecule has 1 heterocycles. The molecule has 0 atom stereocenters. The van der Waals surface area contributed by atoms with Crippen LogP contribution in [-0.4, -0.2) is 9.97 Å². The van der Waals surface area contributed by atoms with E-state index >= 15 is 0 Å². The molecule has 0 saturated heterocycles. The average Bonchev–Trinajstić information content (AvgIpc) is 3.25. The summed E-state index contributed by atoms with van der Waals surface area (Å²) in [6.07, 6.45) is 2.27. The van der Waals surface area contributed by atoms with Gasteiger partial charge in [-0.15, -0.1) is 0 Å². The van der Waals surface area contributed by atoms with Crippen molar-refractivity contribution in [3.8, 4) is 11.6 Å². The van der Waals surface area contributed by atoms with Crippen molar-refractivity contribution < 1.29 is 4.74 Å². The molecule has 1 aliphatic rings. The lowest BCUT2D eigenvalue weighted by Gasteiger charge is -2.12. The Labute approximate surface area is 137 Å². The molecule has 0 bridgehead atoms. The van der Waals surface area contributed by atoms with E-state index in [0.29, 0.717) is 17.0 Å². The number of halogens is 2. The highest BCUT2D eigenvalue weighted by atomic mass is 79.9. The number of aromatic nitrogens is 2. The lowest BCUT2D eigenvalue weighted by Crippen LogP contribution is -2.00. The number of hydrogen-bond donors (Lipinski definition) is 0. The van der Waals surface area contributed by atoms with Crippen LogP contribution >= 0.6 is 27.5 Å². The Bertz CT molecular complexity index is 691. The summed E-state index contributed by atoms with van der Waals surface area (Å²) < 4.78 is 7.07. The first-order valence-electron chi connectivity index (χ1n) is 6.94. The predicted molar refractivity (Wildman–Crippen MR) is 87.4 cm³/mol. The van der Waals surface area contributed by atoms with E-state index in [0.717, 1.165) is 45.6 Å². The molecule has 1 aliphatic carbocycles. The van der Waals surface area contributed by atoms with Crippen LogP contribution in [0.3, 0.4) is 0 Å². The van der Waals surface area contributed by atoms with Crippen LogP contribution < -0.4 is 4.74 Å². The van der Waals surface area contributed by atoms with Gasteiger partial charge in [-0.2, -0.15) is 4.98 Å². The Balaban J connectivity index is 1.97. The van der Waals surface area contributed by atoms with Crippen LogP contribution in [0.15, 0.2) is 16.6 Å². The third-order valence-corrected chi connectivity index (χ3v) is 5.24. The molecule has 3 nitrogen and oxygen atoms in total. The first kappa shape index (κ1) is 14.8. The highest BCUT2D eigenvalue weighted by Gasteiger charge is 2.28. The number of hydrogen-bond acceptors (Lipinski definition) is 3. The maximum atomic E-state index is 6.21. The summed E-state index contributed by atoms with van der Waals surface area (Å²) >= 11 is 9.77. The number of ether oxygens (including phenoxy) is 1. The first-order chi connectivity index (χ1) is 9.95. The van der Waals surface area contributed by atoms with Crippen LogP contribution in [0.1, 0.15) is 41.3 Å². The van der Waals surface area contributed by atoms with E-state index in [9.17, 15) is 0 Å². The molecule has 0 spiro atoms. The van der Waals surface area contributed by atoms with Crippen LogP contribution in [0, 0.1) is 20.8 Å². The molecule has 1 aromatic heterocycles. The van der Waals surface area contributed by atoms with Gasteiger partial charge in [0.15, 0.2) is 0 Å². The van der Waals surface area contributed by atoms with E-state index in [2.05, 4.69) is 25.9 Å². The smallest absolute Gasteiger partial charge is 0.226 e. The van der Waals surface area contributed by atoms with Crippen molar-refractivity contribution in [2.24, 2.45) is 0 Å². The van der Waals surface area contributed by atoms with Crippen LogP contribution in [0.5, 0.6) is 11.6 Å². The minimum atomic E-state index is 0.443. The number of nitrogens with zero attached hydrogens (tertiary/aromatic N) is 2. The van der Waals surface area contributed by atoms with Crippen molar-refractivity contribution in [1.29, 1.82) is 0 Å². The Hall–Kier alpha value is -1.13. The maximum absolute atomic E-state index is 6.21. The number of aryl methyl sites for hydroxylation is 2. The Morgan fingerprint density at radius 3 is 2.33 bits per heavy atom. The van der Waals surface area contributed by atoms with Gasteiger partial charge in [0.2, 0.25) is 5.88 Å². The standard InChI is InChI=1S/C16H16BrClN2O/c1-8-6-12(7-9(2)13(8)17)21-16-10(3)14(18)19-15(20-16)11-4-5-11/h6-7,11H,4-5H2,1-3H3. The Morgan fingerprint density at radius 2 is 1.76 bits per heavy atom. The molecule has 110 valence electrons. The van der Waals surface area contributed by atoms with Gasteiger partial charge < -0.3 is 4.74 Å². The van der Waals surface area contributed by atoms with Gasteiger partial charge in [-0.1, -0.05) is 27.5 Å². The summed E-state index contributed by atoms with van der Waals surface area (Å²) in [5, 5.41) is 0.479. The minimum absolute atomic E-state index is 0.443. The van der Waals surface area contributed by atoms with Crippen molar-refractivity contribution in [3.05, 3.63) is 44.3 Å². The quantitative estimate of drug-likeness (QED) is 0.673. The molecule has 1 fully saturated rings. The molecule has 5 heteroatoms. The van der Waals surface area contributed by atoms with Crippen molar-refractivity contribution in [1.82, 2.24) is 9.97 Å². The van der Waals surface area contributed by atoms with Gasteiger partial charge in [-0.05, 0) is 56.9 Å². The molecule has 1 aromatic carbocycles. The first-order valence-corrected chi connectivity index (χ1v) is 8.11. The second-order valence-electron chi connectivity index (χ2n) is 5.55. The lowest BCUT2D eigenvalue weighted by atomic mass is 10.1. The molecular formula is C16H16BrClN2O. The maximum Gasteiger partial charge on any atom is 0.226 e. The molecule has 2 aromatic rings. The van der Waals surface area contributed by atoms with E-state index in [1.807, 2.05) is 32.9 Å². The molecule has 0 radical (unpaired) electrons. The van der Waals surface area contributed by atoms with Gasteiger partial charge >= 0.3 is 0 Å². The van der Waals surface area contributed by atoms with Crippen molar-refractivity contribution >= 4 is 27.5 Å². The normalized spacial score (nSPS) is 14.3. The molecule has 0 unspecified atom stereocenters. The van der Waals surface area contributed by atoms with E-state index in [-0.39, 0.29) is 0 Å². The fraction of sp³-hybridized carbons (Fsp3) is 0.375. The van der Waals surface area contributed by atoms with Crippen molar-refractivity contribution in [3.63, 3.8) is 0 Å². The highest BCUT2D eigenvalue weighted by molar-refractivity contribution is 9.10. The molecular weight excluding hydrogens is 352 g/mol. The van der Waals surface area contributed by atoms with Crippen molar-refractivity contribution in [2.45, 2.75) is 39.5 Å². The topological polar surface area (TPSA) is 35.0 Å². The molecule has 3 rings (SSSR count). The summed E-state index contributed by atoms with van der Waals surface area (Å²) in [4.78, 5) is 8.90. The van der Waals surface area contributed by atoms with Crippen molar-refractivity contribution in [2.75, 3.05) is 0 Å². The SMILES string of the molecule is Cc1cc(Oc2nc(C3CC3)nc(Cl)c2C)cc(C)c1Br. The fourth-order valence-corrected chi connectivity index (χ4v) is 2.58. The number of benzene rings is 1. The number of rotatable bonds is 3. The highest BCUT2D eigenvalue weighted by Crippen LogP contribution is 2.40. The predicted octanol–water partition coefficient (Wildman–Crippen LogP) is 5.49. The molecule has 1 saturated carbocycles. The van der Waals surface area contributed by atoms with Gasteiger partial charge in [0.1, 0.15) is 16.7 Å². The lowest BCUT2D eigenvalue weighted by molar-refractivity contribution is 0.453. The molecule has 21 heavy (non-hydrogen) atoms. The zero-order valence-corrected chi connectivity index (χ0v) is 14.5. The minimum Gasteiger partial charge on any atom is -0.439 e. The van der Waals surface area contributed by atoms with Gasteiger partial charge in [0.25, 0.3) is 0 Å². The van der Waals surface area contributed by atoms with Gasteiger partial charge in [0, 0.05) is 16.0 Å². The van der Waals surface area contributed by atoms with Crippen LogP contribution in [0.25, 0.3) is 0 Å². The fourth-order valence-electron chi connectivity index (χ4n) is 2.19. The Kier molecular flexibility index (Phi) is 3.93. The third kappa shape index (κ3) is 3.06. The van der Waals surface area contributed by atoms with Crippen LogP contribution in [0.2, 0.25) is 5.15 Å². The van der Waals surface area contributed by atoms with E-state index in [4.69, 9.17) is 16.3 Å². The second kappa shape index (κ2) is 5.58. The van der Waals surface area contributed by atoms with E-state index in [1.54, 1.807) is 0 Å². The summed E-state index contributed by atoms with van der Waals surface area (Å²) in [5.41, 5.74) is 3.04. The largest absolute Gasteiger partial charge is 0.439 e. The molecule has 0 amide bonds. The van der Waals surface area contributed by atoms with Gasteiger partial charge in [-0.3, -0.25) is 0 Å². The van der Waals surface area contributed by atoms with Gasteiger partial charge in [-0.25, -0.2) is 4.98 Å². The van der Waals surface area contributed by atoms with E-state index < -0.39 is 0 Å². The zero-order chi connectivity index (χ0) is 15.1. The summed E-state index contributed by atoms with van der Waals surface area (Å²) in [7, 11) is 0. The molecule has 0 N–H and O–H groups in total. The monoisotopic (exact) mass is 366 g/mol. The summed E-state index contributed by atoms with van der Waals surface area (Å²) in [6.45, 7) is 5.96. The third-order valence-electron chi connectivity index (χ3n) is 3.63. The second-order valence-corrected chi connectivity index (χ2v) is 6.70. The zero-order valence-electron chi connectivity index (χ0n) is 12.2. The molecule has 0 aliphatic heterocycles.